The van der Waals surface area contributed by atoms with Gasteiger partial charge in [-0.3, -0.25) is 9.59 Å². The molecule has 0 saturated carbocycles. The molecule has 20 heavy (non-hydrogen) atoms. The molecule has 0 radical (unpaired) electrons. The van der Waals surface area contributed by atoms with Crippen molar-refractivity contribution in [3.8, 4) is 5.75 Å². The van der Waals surface area contributed by atoms with Crippen LogP contribution in [0.15, 0.2) is 24.3 Å². The Morgan fingerprint density at radius 2 is 1.95 bits per heavy atom. The van der Waals surface area contributed by atoms with Crippen molar-refractivity contribution in [2.75, 3.05) is 11.4 Å². The van der Waals surface area contributed by atoms with E-state index in [0.717, 1.165) is 0 Å². The molecule has 0 aliphatic carbocycles. The highest BCUT2D eigenvalue weighted by atomic mass is 16.5. The maximum absolute atomic E-state index is 12.7. The molecule has 2 rings (SSSR count). The van der Waals surface area contributed by atoms with Gasteiger partial charge in [0.05, 0.1) is 12.1 Å². The molecule has 1 aromatic carbocycles. The van der Waals surface area contributed by atoms with Gasteiger partial charge >= 0.3 is 5.97 Å². The standard InChI is InChI=1S/C15H19NO4/c1-3-15(4-2)14(19)16(10-9-13(17)18)11-7-5-6-8-12(11)20-15/h5-8H,3-4,9-10H2,1-2H3,(H,17,18). The minimum absolute atomic E-state index is 0.0798. The van der Waals surface area contributed by atoms with Crippen LogP contribution in [0.5, 0.6) is 5.75 Å². The topological polar surface area (TPSA) is 66.8 Å². The minimum atomic E-state index is -0.916. The van der Waals surface area contributed by atoms with Crippen LogP contribution in [0.2, 0.25) is 0 Å². The van der Waals surface area contributed by atoms with Gasteiger partial charge in [0.25, 0.3) is 5.91 Å². The number of carbonyl (C=O) groups excluding carboxylic acids is 1. The molecule has 0 bridgehead atoms. The zero-order valence-electron chi connectivity index (χ0n) is 11.8. The van der Waals surface area contributed by atoms with Crippen molar-refractivity contribution in [3.05, 3.63) is 24.3 Å². The quantitative estimate of drug-likeness (QED) is 0.897. The first-order chi connectivity index (χ1) is 9.54. The van der Waals surface area contributed by atoms with Crippen LogP contribution in [0, 0.1) is 0 Å². The molecule has 1 aliphatic heterocycles. The van der Waals surface area contributed by atoms with E-state index in [0.29, 0.717) is 24.3 Å². The van der Waals surface area contributed by atoms with Crippen LogP contribution < -0.4 is 9.64 Å². The summed E-state index contributed by atoms with van der Waals surface area (Å²) in [5, 5.41) is 8.85. The van der Waals surface area contributed by atoms with Crippen molar-refractivity contribution in [3.63, 3.8) is 0 Å². The number of anilines is 1. The SMILES string of the molecule is CCC1(CC)Oc2ccccc2N(CCC(=O)O)C1=O. The van der Waals surface area contributed by atoms with Crippen LogP contribution in [0.3, 0.4) is 0 Å². The van der Waals surface area contributed by atoms with Gasteiger partial charge in [-0.2, -0.15) is 0 Å². The van der Waals surface area contributed by atoms with Crippen molar-refractivity contribution in [1.29, 1.82) is 0 Å². The highest BCUT2D eigenvalue weighted by molar-refractivity contribution is 6.03. The molecule has 0 unspecified atom stereocenters. The number of hydrogen-bond donors (Lipinski definition) is 1. The molecule has 1 amide bonds. The molecule has 1 aromatic rings. The number of fused-ring (bicyclic) bond motifs is 1. The van der Waals surface area contributed by atoms with Crippen LogP contribution >= 0.6 is 0 Å². The van der Waals surface area contributed by atoms with Crippen LogP contribution in [-0.2, 0) is 9.59 Å². The second-order valence-electron chi connectivity index (χ2n) is 4.87. The Bertz CT molecular complexity index is 522. The molecular weight excluding hydrogens is 258 g/mol. The fraction of sp³-hybridized carbons (Fsp3) is 0.467. The Morgan fingerprint density at radius 3 is 2.55 bits per heavy atom. The third-order valence-electron chi connectivity index (χ3n) is 3.79. The molecule has 0 fully saturated rings. The number of benzene rings is 1. The normalized spacial score (nSPS) is 16.5. The second kappa shape index (κ2) is 5.53. The maximum Gasteiger partial charge on any atom is 0.305 e. The van der Waals surface area contributed by atoms with Gasteiger partial charge in [-0.1, -0.05) is 26.0 Å². The van der Waals surface area contributed by atoms with Gasteiger partial charge in [-0.05, 0) is 25.0 Å². The molecule has 108 valence electrons. The van der Waals surface area contributed by atoms with Crippen LogP contribution in [0.25, 0.3) is 0 Å². The lowest BCUT2D eigenvalue weighted by Gasteiger charge is -2.41. The lowest BCUT2D eigenvalue weighted by Crippen LogP contribution is -2.56. The molecule has 1 aliphatic rings. The zero-order chi connectivity index (χ0) is 14.8. The average molecular weight is 277 g/mol. The number of carboxylic acid groups (broad SMARTS) is 1. The lowest BCUT2D eigenvalue weighted by molar-refractivity contribution is -0.138. The van der Waals surface area contributed by atoms with E-state index in [9.17, 15) is 9.59 Å². The van der Waals surface area contributed by atoms with Crippen molar-refractivity contribution in [2.24, 2.45) is 0 Å². The fourth-order valence-corrected chi connectivity index (χ4v) is 2.50. The van der Waals surface area contributed by atoms with Crippen LogP contribution in [-0.4, -0.2) is 29.1 Å². The zero-order valence-corrected chi connectivity index (χ0v) is 11.8. The van der Waals surface area contributed by atoms with E-state index >= 15 is 0 Å². The van der Waals surface area contributed by atoms with E-state index in [1.807, 2.05) is 32.0 Å². The maximum atomic E-state index is 12.7. The van der Waals surface area contributed by atoms with Gasteiger partial charge in [-0.15, -0.1) is 0 Å². The summed E-state index contributed by atoms with van der Waals surface area (Å²) in [5.41, 5.74) is -0.233. The van der Waals surface area contributed by atoms with Gasteiger partial charge in [0.15, 0.2) is 5.60 Å². The molecule has 0 saturated heterocycles. The molecular formula is C15H19NO4. The smallest absolute Gasteiger partial charge is 0.305 e. The summed E-state index contributed by atoms with van der Waals surface area (Å²) in [6.45, 7) is 3.98. The largest absolute Gasteiger partial charge is 0.481 e. The van der Waals surface area contributed by atoms with Crippen molar-refractivity contribution in [2.45, 2.75) is 38.7 Å². The summed E-state index contributed by atoms with van der Waals surface area (Å²) in [6.07, 6.45) is 1.03. The van der Waals surface area contributed by atoms with Gasteiger partial charge < -0.3 is 14.7 Å². The van der Waals surface area contributed by atoms with E-state index < -0.39 is 11.6 Å². The summed E-state index contributed by atoms with van der Waals surface area (Å²) < 4.78 is 5.93. The first-order valence-corrected chi connectivity index (χ1v) is 6.86. The summed E-state index contributed by atoms with van der Waals surface area (Å²) in [7, 11) is 0. The van der Waals surface area contributed by atoms with E-state index in [2.05, 4.69) is 0 Å². The molecule has 5 nitrogen and oxygen atoms in total. The number of carboxylic acids is 1. The number of nitrogens with zero attached hydrogens (tertiary/aromatic N) is 1. The Labute approximate surface area is 118 Å². The number of hydrogen-bond acceptors (Lipinski definition) is 3. The summed E-state index contributed by atoms with van der Waals surface area (Å²) in [4.78, 5) is 25.0. The van der Waals surface area contributed by atoms with E-state index in [1.165, 1.54) is 0 Å². The third-order valence-corrected chi connectivity index (χ3v) is 3.79. The van der Waals surface area contributed by atoms with Gasteiger partial charge in [0.1, 0.15) is 5.75 Å². The van der Waals surface area contributed by atoms with Crippen LogP contribution in [0.4, 0.5) is 5.69 Å². The average Bonchev–Trinajstić information content (AvgIpc) is 2.45. The number of carbonyl (C=O) groups is 2. The molecule has 1 heterocycles. The predicted molar refractivity (Wildman–Crippen MR) is 75.0 cm³/mol. The van der Waals surface area contributed by atoms with Crippen molar-refractivity contribution >= 4 is 17.6 Å². The lowest BCUT2D eigenvalue weighted by atomic mass is 9.92. The Morgan fingerprint density at radius 1 is 1.30 bits per heavy atom. The van der Waals surface area contributed by atoms with Gasteiger partial charge in [-0.25, -0.2) is 0 Å². The highest BCUT2D eigenvalue weighted by Gasteiger charge is 2.45. The van der Waals surface area contributed by atoms with Crippen LogP contribution in [0.1, 0.15) is 33.1 Å². The highest BCUT2D eigenvalue weighted by Crippen LogP contribution is 2.40. The number of amides is 1. The number of para-hydroxylation sites is 2. The number of rotatable bonds is 5. The van der Waals surface area contributed by atoms with E-state index in [4.69, 9.17) is 9.84 Å². The number of ether oxygens (including phenoxy) is 1. The van der Waals surface area contributed by atoms with Gasteiger partial charge in [0, 0.05) is 6.54 Å². The molecule has 1 N–H and O–H groups in total. The molecule has 0 atom stereocenters. The molecule has 0 spiro atoms. The van der Waals surface area contributed by atoms with Crippen molar-refractivity contribution < 1.29 is 19.4 Å². The third kappa shape index (κ3) is 2.35. The summed E-state index contributed by atoms with van der Waals surface area (Å²) in [5.74, 6) is -0.427. The Hall–Kier alpha value is -2.04. The fourth-order valence-electron chi connectivity index (χ4n) is 2.50. The Balaban J connectivity index is 2.41. The second-order valence-corrected chi connectivity index (χ2v) is 4.87. The minimum Gasteiger partial charge on any atom is -0.481 e. The summed E-state index contributed by atoms with van der Waals surface area (Å²) >= 11 is 0. The summed E-state index contributed by atoms with van der Waals surface area (Å²) in [6, 6.07) is 7.26. The first-order valence-electron chi connectivity index (χ1n) is 6.86. The molecule has 5 heteroatoms. The first kappa shape index (κ1) is 14.4. The van der Waals surface area contributed by atoms with Gasteiger partial charge in [0.2, 0.25) is 0 Å². The molecule has 0 aromatic heterocycles. The monoisotopic (exact) mass is 277 g/mol. The van der Waals surface area contributed by atoms with E-state index in [1.54, 1.807) is 11.0 Å². The van der Waals surface area contributed by atoms with Crippen molar-refractivity contribution in [1.82, 2.24) is 0 Å². The Kier molecular flexibility index (Phi) is 3.97. The van der Waals surface area contributed by atoms with E-state index in [-0.39, 0.29) is 18.9 Å². The predicted octanol–water partition coefficient (Wildman–Crippen LogP) is 2.45. The number of aliphatic carboxylic acids is 1.